The molecule has 0 spiro atoms. The standard InChI is InChI=1S/C25H45N/c1-10-24(6,7)18-14-15-20(4)23(19(2)3)26-21(5)25(8,9)22-16-12-11-13-17-22/h16,19,23,26H,4-5,10-15,17-18H2,1-3,6-9H3. The van der Waals surface area contributed by atoms with E-state index in [-0.39, 0.29) is 5.41 Å². The van der Waals surface area contributed by atoms with Crippen molar-refractivity contribution < 1.29 is 0 Å². The Bertz CT molecular complexity index is 504. The summed E-state index contributed by atoms with van der Waals surface area (Å²) in [5.41, 5.74) is 4.51. The molecule has 1 atom stereocenters. The average Bonchev–Trinajstić information content (AvgIpc) is 2.59. The minimum absolute atomic E-state index is 0.0258. The lowest BCUT2D eigenvalue weighted by Gasteiger charge is -2.37. The zero-order valence-corrected chi connectivity index (χ0v) is 18.8. The van der Waals surface area contributed by atoms with Gasteiger partial charge in [0.2, 0.25) is 0 Å². The summed E-state index contributed by atoms with van der Waals surface area (Å²) in [6.45, 7) is 25.2. The van der Waals surface area contributed by atoms with Crippen molar-refractivity contribution in [2.45, 2.75) is 106 Å². The van der Waals surface area contributed by atoms with E-state index in [0.717, 1.165) is 12.1 Å². The highest BCUT2D eigenvalue weighted by molar-refractivity contribution is 5.27. The normalized spacial score (nSPS) is 17.0. The monoisotopic (exact) mass is 359 g/mol. The van der Waals surface area contributed by atoms with Gasteiger partial charge in [-0.3, -0.25) is 0 Å². The van der Waals surface area contributed by atoms with Crippen LogP contribution in [0.25, 0.3) is 0 Å². The molecule has 0 aromatic heterocycles. The van der Waals surface area contributed by atoms with Crippen molar-refractivity contribution in [2.75, 3.05) is 0 Å². The second-order valence-electron chi connectivity index (χ2n) is 9.97. The maximum Gasteiger partial charge on any atom is 0.0491 e. The summed E-state index contributed by atoms with van der Waals surface area (Å²) in [5, 5.41) is 3.78. The summed E-state index contributed by atoms with van der Waals surface area (Å²) < 4.78 is 0. The summed E-state index contributed by atoms with van der Waals surface area (Å²) >= 11 is 0. The molecule has 1 rings (SSSR count). The van der Waals surface area contributed by atoms with Gasteiger partial charge in [0.25, 0.3) is 0 Å². The SMILES string of the molecule is C=C(CCCC(C)(C)CC)C(NC(=C)C(C)(C)C1=CCCCC1)C(C)C. The topological polar surface area (TPSA) is 12.0 Å². The number of hydrogen-bond donors (Lipinski definition) is 1. The zero-order valence-electron chi connectivity index (χ0n) is 18.8. The molecule has 1 aliphatic carbocycles. The first-order chi connectivity index (χ1) is 12.0. The van der Waals surface area contributed by atoms with Crippen molar-refractivity contribution in [1.82, 2.24) is 5.32 Å². The van der Waals surface area contributed by atoms with Gasteiger partial charge in [-0.05, 0) is 56.3 Å². The highest BCUT2D eigenvalue weighted by Gasteiger charge is 2.30. The Labute approximate surface area is 164 Å². The van der Waals surface area contributed by atoms with E-state index in [0.29, 0.717) is 17.4 Å². The fourth-order valence-electron chi connectivity index (χ4n) is 3.83. The lowest BCUT2D eigenvalue weighted by molar-refractivity contribution is 0.310. The maximum absolute atomic E-state index is 4.45. The van der Waals surface area contributed by atoms with Crippen molar-refractivity contribution in [3.05, 3.63) is 36.1 Å². The molecule has 1 heteroatoms. The molecule has 0 saturated heterocycles. The van der Waals surface area contributed by atoms with Crippen LogP contribution in [-0.4, -0.2) is 6.04 Å². The summed E-state index contributed by atoms with van der Waals surface area (Å²) in [6.07, 6.45) is 12.4. The fourth-order valence-corrected chi connectivity index (χ4v) is 3.83. The van der Waals surface area contributed by atoms with Gasteiger partial charge in [-0.25, -0.2) is 0 Å². The smallest absolute Gasteiger partial charge is 0.0491 e. The molecule has 26 heavy (non-hydrogen) atoms. The Morgan fingerprint density at radius 1 is 1.15 bits per heavy atom. The Hall–Kier alpha value is -0.980. The van der Waals surface area contributed by atoms with Gasteiger partial charge in [0.15, 0.2) is 0 Å². The Kier molecular flexibility index (Phi) is 8.70. The van der Waals surface area contributed by atoms with E-state index in [9.17, 15) is 0 Å². The van der Waals surface area contributed by atoms with E-state index in [1.807, 2.05) is 0 Å². The third-order valence-corrected chi connectivity index (χ3v) is 6.59. The Balaban J connectivity index is 2.70. The summed E-state index contributed by atoms with van der Waals surface area (Å²) in [7, 11) is 0. The van der Waals surface area contributed by atoms with Gasteiger partial charge in [-0.15, -0.1) is 0 Å². The lowest BCUT2D eigenvalue weighted by atomic mass is 9.76. The zero-order chi connectivity index (χ0) is 20.0. The molecule has 0 radical (unpaired) electrons. The molecule has 1 aliphatic rings. The molecule has 0 aliphatic heterocycles. The molecule has 0 fully saturated rings. The third-order valence-electron chi connectivity index (χ3n) is 6.59. The third kappa shape index (κ3) is 6.63. The first-order valence-corrected chi connectivity index (χ1v) is 10.8. The van der Waals surface area contributed by atoms with Crippen LogP contribution in [0, 0.1) is 16.7 Å². The van der Waals surface area contributed by atoms with Crippen molar-refractivity contribution in [3.8, 4) is 0 Å². The molecule has 0 heterocycles. The van der Waals surface area contributed by atoms with Crippen LogP contribution >= 0.6 is 0 Å². The molecule has 1 nitrogen and oxygen atoms in total. The second-order valence-corrected chi connectivity index (χ2v) is 9.97. The fraction of sp³-hybridized carbons (Fsp3) is 0.760. The minimum atomic E-state index is 0.0258. The quantitative estimate of drug-likeness (QED) is 0.371. The van der Waals surface area contributed by atoms with Crippen LogP contribution in [0.3, 0.4) is 0 Å². The molecule has 0 bridgehead atoms. The number of nitrogens with one attached hydrogen (secondary N) is 1. The van der Waals surface area contributed by atoms with Crippen LogP contribution in [0.5, 0.6) is 0 Å². The molecule has 150 valence electrons. The molecule has 0 aromatic rings. The van der Waals surface area contributed by atoms with Crippen molar-refractivity contribution in [1.29, 1.82) is 0 Å². The van der Waals surface area contributed by atoms with E-state index in [4.69, 9.17) is 0 Å². The first-order valence-electron chi connectivity index (χ1n) is 10.8. The second kappa shape index (κ2) is 9.81. The van der Waals surface area contributed by atoms with Crippen LogP contribution in [-0.2, 0) is 0 Å². The van der Waals surface area contributed by atoms with E-state index < -0.39 is 0 Å². The van der Waals surface area contributed by atoms with Crippen molar-refractivity contribution in [2.24, 2.45) is 16.7 Å². The van der Waals surface area contributed by atoms with Gasteiger partial charge in [0, 0.05) is 17.2 Å². The maximum atomic E-state index is 4.45. The number of rotatable bonds is 11. The van der Waals surface area contributed by atoms with Crippen LogP contribution in [0.2, 0.25) is 0 Å². The van der Waals surface area contributed by atoms with Crippen LogP contribution in [0.4, 0.5) is 0 Å². The molecular weight excluding hydrogens is 314 g/mol. The molecule has 1 unspecified atom stereocenters. The molecule has 1 N–H and O–H groups in total. The van der Waals surface area contributed by atoms with Gasteiger partial charge in [-0.2, -0.15) is 0 Å². The molecule has 0 saturated carbocycles. The number of hydrogen-bond acceptors (Lipinski definition) is 1. The van der Waals surface area contributed by atoms with Gasteiger partial charge >= 0.3 is 0 Å². The lowest BCUT2D eigenvalue weighted by Crippen LogP contribution is -2.39. The highest BCUT2D eigenvalue weighted by Crippen LogP contribution is 2.39. The highest BCUT2D eigenvalue weighted by atomic mass is 14.9. The number of allylic oxidation sites excluding steroid dienone is 2. The Morgan fingerprint density at radius 3 is 2.31 bits per heavy atom. The molecular formula is C25H45N. The van der Waals surface area contributed by atoms with Crippen LogP contribution in [0.15, 0.2) is 36.1 Å². The van der Waals surface area contributed by atoms with Crippen LogP contribution in [0.1, 0.15) is 99.8 Å². The largest absolute Gasteiger partial charge is 0.381 e. The minimum Gasteiger partial charge on any atom is -0.381 e. The van der Waals surface area contributed by atoms with Gasteiger partial charge in [0.1, 0.15) is 0 Å². The summed E-state index contributed by atoms with van der Waals surface area (Å²) in [6, 6.07) is 0.315. The predicted molar refractivity (Wildman–Crippen MR) is 118 cm³/mol. The van der Waals surface area contributed by atoms with Gasteiger partial charge in [-0.1, -0.05) is 85.3 Å². The van der Waals surface area contributed by atoms with E-state index in [2.05, 4.69) is 73.0 Å². The van der Waals surface area contributed by atoms with E-state index in [1.165, 1.54) is 50.5 Å². The van der Waals surface area contributed by atoms with Crippen molar-refractivity contribution in [3.63, 3.8) is 0 Å². The van der Waals surface area contributed by atoms with Gasteiger partial charge < -0.3 is 5.32 Å². The summed E-state index contributed by atoms with van der Waals surface area (Å²) in [4.78, 5) is 0. The molecule has 0 aromatic carbocycles. The van der Waals surface area contributed by atoms with E-state index in [1.54, 1.807) is 5.57 Å². The predicted octanol–water partition coefficient (Wildman–Crippen LogP) is 7.80. The first kappa shape index (κ1) is 23.1. The van der Waals surface area contributed by atoms with E-state index >= 15 is 0 Å². The Morgan fingerprint density at radius 2 is 1.81 bits per heavy atom. The van der Waals surface area contributed by atoms with Crippen molar-refractivity contribution >= 4 is 0 Å². The average molecular weight is 360 g/mol. The summed E-state index contributed by atoms with van der Waals surface area (Å²) in [5.74, 6) is 0.523. The van der Waals surface area contributed by atoms with Crippen LogP contribution < -0.4 is 5.32 Å². The molecule has 0 amide bonds. The van der Waals surface area contributed by atoms with Gasteiger partial charge in [0.05, 0.1) is 0 Å².